The standard InChI is InChI=1S/C19H21N3O5S/c23-15(21-18(26)20-12-5-1-2-6-12)11-27-17(25)19-10-9-16(24)22(19)13-7-3-4-8-14(13)28-19/h3-4,7-8,12H,1-2,5-6,9-11H2,(H2,20,21,23,26)/t19-/m0/s1. The molecule has 1 saturated heterocycles. The summed E-state index contributed by atoms with van der Waals surface area (Å²) in [6, 6.07) is 6.80. The van der Waals surface area contributed by atoms with Gasteiger partial charge in [-0.2, -0.15) is 0 Å². The first-order valence-corrected chi connectivity index (χ1v) is 10.2. The van der Waals surface area contributed by atoms with E-state index in [2.05, 4.69) is 10.6 Å². The van der Waals surface area contributed by atoms with Crippen molar-refractivity contribution in [2.45, 2.75) is 54.3 Å². The molecule has 2 aliphatic heterocycles. The molecule has 8 nitrogen and oxygen atoms in total. The number of nitrogens with zero attached hydrogens (tertiary/aromatic N) is 1. The van der Waals surface area contributed by atoms with Crippen molar-refractivity contribution in [1.29, 1.82) is 0 Å². The average Bonchev–Trinajstić information content (AvgIpc) is 3.36. The van der Waals surface area contributed by atoms with Gasteiger partial charge in [0.15, 0.2) is 11.5 Å². The van der Waals surface area contributed by atoms with Crippen LogP contribution in [-0.4, -0.2) is 41.3 Å². The lowest BCUT2D eigenvalue weighted by atomic mass is 10.2. The SMILES string of the molecule is O=C(COC(=O)[C@@]12CCC(=O)N1c1ccccc1S2)NC(=O)NC1CCCC1. The number of urea groups is 1. The number of amides is 4. The highest BCUT2D eigenvalue weighted by Crippen LogP contribution is 2.56. The lowest BCUT2D eigenvalue weighted by molar-refractivity contribution is -0.150. The van der Waals surface area contributed by atoms with Gasteiger partial charge < -0.3 is 10.1 Å². The molecule has 1 aliphatic carbocycles. The van der Waals surface area contributed by atoms with Crippen LogP contribution in [0.15, 0.2) is 29.2 Å². The van der Waals surface area contributed by atoms with E-state index in [-0.39, 0.29) is 18.4 Å². The largest absolute Gasteiger partial charge is 0.453 e. The van der Waals surface area contributed by atoms with Gasteiger partial charge in [-0.05, 0) is 25.0 Å². The van der Waals surface area contributed by atoms with Crippen molar-refractivity contribution in [1.82, 2.24) is 10.6 Å². The number of carbonyl (C=O) groups excluding carboxylic acids is 4. The second-order valence-electron chi connectivity index (χ2n) is 7.16. The summed E-state index contributed by atoms with van der Waals surface area (Å²) >= 11 is 1.27. The number of thioether (sulfide) groups is 1. The number of hydrogen-bond donors (Lipinski definition) is 2. The molecule has 4 rings (SSSR count). The summed E-state index contributed by atoms with van der Waals surface area (Å²) in [4.78, 5) is 50.1. The first-order valence-electron chi connectivity index (χ1n) is 9.38. The molecule has 1 saturated carbocycles. The molecule has 2 heterocycles. The number of rotatable bonds is 4. The van der Waals surface area contributed by atoms with Gasteiger partial charge in [-0.15, -0.1) is 0 Å². The Morgan fingerprint density at radius 3 is 2.75 bits per heavy atom. The zero-order valence-electron chi connectivity index (χ0n) is 15.2. The first kappa shape index (κ1) is 18.8. The molecule has 2 fully saturated rings. The maximum atomic E-state index is 12.8. The fraction of sp³-hybridized carbons (Fsp3) is 0.474. The van der Waals surface area contributed by atoms with Gasteiger partial charge in [0.1, 0.15) is 0 Å². The van der Waals surface area contributed by atoms with E-state index >= 15 is 0 Å². The Kier molecular flexibility index (Phi) is 5.01. The molecular formula is C19H21N3O5S. The Hall–Kier alpha value is -2.55. The highest BCUT2D eigenvalue weighted by Gasteiger charge is 2.58. The summed E-state index contributed by atoms with van der Waals surface area (Å²) < 4.78 is 5.20. The van der Waals surface area contributed by atoms with Crippen molar-refractivity contribution in [3.8, 4) is 0 Å². The van der Waals surface area contributed by atoms with E-state index in [9.17, 15) is 19.2 Å². The van der Waals surface area contributed by atoms with Crippen LogP contribution < -0.4 is 15.5 Å². The number of carbonyl (C=O) groups is 4. The molecule has 2 N–H and O–H groups in total. The van der Waals surface area contributed by atoms with E-state index in [4.69, 9.17) is 4.74 Å². The third-order valence-corrected chi connectivity index (χ3v) is 6.73. The van der Waals surface area contributed by atoms with Gasteiger partial charge in [0.25, 0.3) is 5.91 Å². The molecule has 0 radical (unpaired) electrons. The molecule has 0 bridgehead atoms. The molecule has 0 spiro atoms. The van der Waals surface area contributed by atoms with Crippen LogP contribution in [0.2, 0.25) is 0 Å². The number of ether oxygens (including phenoxy) is 1. The molecule has 3 aliphatic rings. The molecule has 148 valence electrons. The number of imide groups is 1. The molecule has 4 amide bonds. The van der Waals surface area contributed by atoms with E-state index in [1.54, 1.807) is 6.07 Å². The summed E-state index contributed by atoms with van der Waals surface area (Å²) in [6.07, 6.45) is 4.49. The first-order chi connectivity index (χ1) is 13.5. The number of fused-ring (bicyclic) bond motifs is 3. The van der Waals surface area contributed by atoms with Crippen LogP contribution >= 0.6 is 11.8 Å². The molecule has 0 unspecified atom stereocenters. The van der Waals surface area contributed by atoms with Crippen LogP contribution in [-0.2, 0) is 19.1 Å². The maximum absolute atomic E-state index is 12.8. The van der Waals surface area contributed by atoms with Crippen LogP contribution in [0.25, 0.3) is 0 Å². The predicted molar refractivity (Wildman–Crippen MR) is 102 cm³/mol. The van der Waals surface area contributed by atoms with E-state index in [0.29, 0.717) is 12.1 Å². The van der Waals surface area contributed by atoms with Crippen molar-refractivity contribution in [3.63, 3.8) is 0 Å². The van der Waals surface area contributed by atoms with Gasteiger partial charge in [0.2, 0.25) is 5.91 Å². The highest BCUT2D eigenvalue weighted by molar-refractivity contribution is 8.02. The summed E-state index contributed by atoms with van der Waals surface area (Å²) in [5, 5.41) is 4.92. The van der Waals surface area contributed by atoms with Crippen LogP contribution in [0.3, 0.4) is 0 Å². The van der Waals surface area contributed by atoms with Crippen LogP contribution in [0.1, 0.15) is 38.5 Å². The normalized spacial score (nSPS) is 23.3. The fourth-order valence-corrected chi connectivity index (χ4v) is 5.38. The Labute approximate surface area is 166 Å². The number of anilines is 1. The summed E-state index contributed by atoms with van der Waals surface area (Å²) in [5.41, 5.74) is 0.687. The smallest absolute Gasteiger partial charge is 0.344 e. The van der Waals surface area contributed by atoms with Crippen molar-refractivity contribution in [2.24, 2.45) is 0 Å². The Morgan fingerprint density at radius 2 is 1.96 bits per heavy atom. The van der Waals surface area contributed by atoms with Crippen molar-refractivity contribution in [3.05, 3.63) is 24.3 Å². The minimum absolute atomic E-state index is 0.0840. The van der Waals surface area contributed by atoms with Gasteiger partial charge in [-0.1, -0.05) is 36.7 Å². The second-order valence-corrected chi connectivity index (χ2v) is 8.48. The van der Waals surface area contributed by atoms with Gasteiger partial charge in [0, 0.05) is 23.8 Å². The number of benzene rings is 1. The number of para-hydroxylation sites is 1. The third-order valence-electron chi connectivity index (χ3n) is 5.27. The number of nitrogens with one attached hydrogen (secondary N) is 2. The Bertz CT molecular complexity index is 839. The molecule has 1 aromatic rings. The lowest BCUT2D eigenvalue weighted by Gasteiger charge is -2.28. The molecule has 9 heteroatoms. The van der Waals surface area contributed by atoms with E-state index in [0.717, 1.165) is 30.6 Å². The topological polar surface area (TPSA) is 105 Å². The van der Waals surface area contributed by atoms with Gasteiger partial charge >= 0.3 is 12.0 Å². The van der Waals surface area contributed by atoms with Gasteiger partial charge in [0.05, 0.1) is 5.69 Å². The van der Waals surface area contributed by atoms with Gasteiger partial charge in [-0.25, -0.2) is 9.59 Å². The van der Waals surface area contributed by atoms with E-state index in [1.807, 2.05) is 18.2 Å². The quantitative estimate of drug-likeness (QED) is 0.745. The molecule has 1 aromatic carbocycles. The minimum Gasteiger partial charge on any atom is -0.453 e. The predicted octanol–water partition coefficient (Wildman–Crippen LogP) is 1.93. The van der Waals surface area contributed by atoms with Crippen molar-refractivity contribution in [2.75, 3.05) is 11.5 Å². The minimum atomic E-state index is -1.17. The van der Waals surface area contributed by atoms with Crippen molar-refractivity contribution < 1.29 is 23.9 Å². The molecule has 28 heavy (non-hydrogen) atoms. The summed E-state index contributed by atoms with van der Waals surface area (Å²) in [7, 11) is 0. The van der Waals surface area contributed by atoms with Crippen LogP contribution in [0.5, 0.6) is 0 Å². The summed E-state index contributed by atoms with van der Waals surface area (Å²) in [5.74, 6) is -1.49. The Balaban J connectivity index is 1.35. The fourth-order valence-electron chi connectivity index (χ4n) is 3.97. The van der Waals surface area contributed by atoms with Crippen LogP contribution in [0.4, 0.5) is 10.5 Å². The molecular weight excluding hydrogens is 382 g/mol. The monoisotopic (exact) mass is 403 g/mol. The van der Waals surface area contributed by atoms with Gasteiger partial charge in [-0.3, -0.25) is 19.8 Å². The number of hydrogen-bond acceptors (Lipinski definition) is 6. The third kappa shape index (κ3) is 3.34. The highest BCUT2D eigenvalue weighted by atomic mass is 32.2. The zero-order chi connectivity index (χ0) is 19.7. The van der Waals surface area contributed by atoms with Crippen LogP contribution in [0, 0.1) is 0 Å². The van der Waals surface area contributed by atoms with Crippen molar-refractivity contribution >= 4 is 41.3 Å². The lowest BCUT2D eigenvalue weighted by Crippen LogP contribution is -2.49. The average molecular weight is 403 g/mol. The molecule has 0 aromatic heterocycles. The second kappa shape index (κ2) is 7.46. The zero-order valence-corrected chi connectivity index (χ0v) is 16.0. The Morgan fingerprint density at radius 1 is 1.21 bits per heavy atom. The van der Waals surface area contributed by atoms with E-state index < -0.39 is 29.4 Å². The molecule has 1 atom stereocenters. The summed E-state index contributed by atoms with van der Waals surface area (Å²) in [6.45, 7) is -0.572. The maximum Gasteiger partial charge on any atom is 0.344 e. The van der Waals surface area contributed by atoms with E-state index in [1.165, 1.54) is 16.7 Å². The number of esters is 1.